The molecular formula is C29H26BrN3O. The Morgan fingerprint density at radius 3 is 2.09 bits per heavy atom. The highest BCUT2D eigenvalue weighted by Crippen LogP contribution is 2.25. The normalized spacial score (nSPS) is 15.1. The Bertz CT molecular complexity index is 1200. The van der Waals surface area contributed by atoms with Crippen LogP contribution in [0.4, 0.5) is 0 Å². The van der Waals surface area contributed by atoms with Gasteiger partial charge in [0.1, 0.15) is 0 Å². The van der Waals surface area contributed by atoms with Gasteiger partial charge in [-0.15, -0.1) is 0 Å². The van der Waals surface area contributed by atoms with Gasteiger partial charge in [-0.25, -0.2) is 0 Å². The molecule has 170 valence electrons. The van der Waals surface area contributed by atoms with Crippen molar-refractivity contribution in [1.82, 2.24) is 9.80 Å². The second-order valence-corrected chi connectivity index (χ2v) is 9.12. The third kappa shape index (κ3) is 6.11. The van der Waals surface area contributed by atoms with E-state index in [4.69, 9.17) is 0 Å². The molecule has 0 saturated carbocycles. The summed E-state index contributed by atoms with van der Waals surface area (Å²) in [6.45, 7) is 4.30. The van der Waals surface area contributed by atoms with Gasteiger partial charge in [-0.3, -0.25) is 9.69 Å². The van der Waals surface area contributed by atoms with Gasteiger partial charge in [0.05, 0.1) is 6.07 Å². The third-order valence-corrected chi connectivity index (χ3v) is 6.46. The quantitative estimate of drug-likeness (QED) is 0.170. The molecule has 0 spiro atoms. The third-order valence-electron chi connectivity index (χ3n) is 5.93. The molecule has 0 N–H and O–H groups in total. The molecule has 1 saturated heterocycles. The number of nitrogens with zero attached hydrogens (tertiary/aromatic N) is 3. The number of allylic oxidation sites excluding steroid dienone is 3. The molecule has 3 aromatic carbocycles. The molecule has 1 fully saturated rings. The van der Waals surface area contributed by atoms with Crippen molar-refractivity contribution in [3.05, 3.63) is 124 Å². The van der Waals surface area contributed by atoms with Gasteiger partial charge in [0.2, 0.25) is 0 Å². The monoisotopic (exact) mass is 511 g/mol. The predicted octanol–water partition coefficient (Wildman–Crippen LogP) is 5.94. The van der Waals surface area contributed by atoms with E-state index in [1.165, 1.54) is 5.56 Å². The second kappa shape index (κ2) is 11.6. The molecule has 0 radical (unpaired) electrons. The van der Waals surface area contributed by atoms with Crippen LogP contribution in [0.15, 0.2) is 107 Å². The van der Waals surface area contributed by atoms with E-state index in [0.29, 0.717) is 11.1 Å². The molecular weight excluding hydrogens is 486 g/mol. The molecule has 34 heavy (non-hydrogen) atoms. The number of carbonyl (C=O) groups is 1. The number of piperazine rings is 1. The molecule has 0 atom stereocenters. The zero-order chi connectivity index (χ0) is 23.8. The summed E-state index contributed by atoms with van der Waals surface area (Å²) in [7, 11) is 0. The van der Waals surface area contributed by atoms with Crippen molar-refractivity contribution in [3.8, 4) is 6.07 Å². The zero-order valence-corrected chi connectivity index (χ0v) is 20.5. The standard InChI is InChI=1S/C29H26BrN3O/c30-26-13-11-24(12-14-26)28(29(34)25-9-5-2-6-10-25)21-27(15-16-31)33-19-17-32(18-20-33)22-23-7-3-1-4-8-23/h1-15,21H,17-20,22H2/b27-15+,28-21+. The Morgan fingerprint density at radius 1 is 0.853 bits per heavy atom. The first kappa shape index (κ1) is 23.7. The van der Waals surface area contributed by atoms with E-state index in [0.717, 1.165) is 48.5 Å². The smallest absolute Gasteiger partial charge is 0.193 e. The molecule has 3 aromatic rings. The lowest BCUT2D eigenvalue weighted by molar-refractivity contribution is 0.105. The van der Waals surface area contributed by atoms with Crippen molar-refractivity contribution in [2.24, 2.45) is 0 Å². The summed E-state index contributed by atoms with van der Waals surface area (Å²) < 4.78 is 0.949. The minimum atomic E-state index is -0.0607. The fraction of sp³-hybridized carbons (Fsp3) is 0.172. The number of Topliss-reactive ketones (excluding diaryl/α,β-unsaturated/α-hetero) is 1. The number of ketones is 1. The molecule has 0 aliphatic carbocycles. The fourth-order valence-corrected chi connectivity index (χ4v) is 4.36. The Kier molecular flexibility index (Phi) is 8.08. The van der Waals surface area contributed by atoms with Crippen molar-refractivity contribution in [2.45, 2.75) is 6.54 Å². The Balaban J connectivity index is 1.58. The molecule has 1 heterocycles. The van der Waals surface area contributed by atoms with E-state index in [1.807, 2.05) is 66.7 Å². The summed E-state index contributed by atoms with van der Waals surface area (Å²) >= 11 is 3.47. The molecule has 5 heteroatoms. The van der Waals surface area contributed by atoms with Crippen LogP contribution in [0.2, 0.25) is 0 Å². The lowest BCUT2D eigenvalue weighted by Gasteiger charge is -2.36. The van der Waals surface area contributed by atoms with Gasteiger partial charge in [-0.2, -0.15) is 5.26 Å². The predicted molar refractivity (Wildman–Crippen MR) is 140 cm³/mol. The van der Waals surface area contributed by atoms with Gasteiger partial charge in [0, 0.05) is 60.1 Å². The topological polar surface area (TPSA) is 47.3 Å². The number of hydrogen-bond donors (Lipinski definition) is 0. The highest BCUT2D eigenvalue weighted by molar-refractivity contribution is 9.10. The lowest BCUT2D eigenvalue weighted by Crippen LogP contribution is -2.45. The Labute approximate surface area is 209 Å². The highest BCUT2D eigenvalue weighted by Gasteiger charge is 2.21. The van der Waals surface area contributed by atoms with Crippen LogP contribution in [0, 0.1) is 11.3 Å². The van der Waals surface area contributed by atoms with E-state index in [1.54, 1.807) is 6.08 Å². The van der Waals surface area contributed by atoms with E-state index in [-0.39, 0.29) is 5.78 Å². The number of benzene rings is 3. The number of nitriles is 1. The van der Waals surface area contributed by atoms with Crippen molar-refractivity contribution in [3.63, 3.8) is 0 Å². The summed E-state index contributed by atoms with van der Waals surface area (Å²) in [5, 5.41) is 9.51. The first-order chi connectivity index (χ1) is 16.6. The van der Waals surface area contributed by atoms with Crippen LogP contribution in [0.1, 0.15) is 21.5 Å². The summed E-state index contributed by atoms with van der Waals surface area (Å²) in [6.07, 6.45) is 3.42. The van der Waals surface area contributed by atoms with Gasteiger partial charge in [-0.1, -0.05) is 88.7 Å². The first-order valence-electron chi connectivity index (χ1n) is 11.3. The summed E-state index contributed by atoms with van der Waals surface area (Å²) in [5.74, 6) is -0.0607. The van der Waals surface area contributed by atoms with Crippen LogP contribution >= 0.6 is 15.9 Å². The highest BCUT2D eigenvalue weighted by atomic mass is 79.9. The van der Waals surface area contributed by atoms with E-state index >= 15 is 0 Å². The molecule has 0 aromatic heterocycles. The second-order valence-electron chi connectivity index (χ2n) is 8.21. The van der Waals surface area contributed by atoms with E-state index in [9.17, 15) is 10.1 Å². The number of rotatable bonds is 7. The minimum Gasteiger partial charge on any atom is -0.368 e. The van der Waals surface area contributed by atoms with Crippen LogP contribution in [0.25, 0.3) is 5.57 Å². The molecule has 0 bridgehead atoms. The molecule has 1 aliphatic rings. The Morgan fingerprint density at radius 2 is 1.47 bits per heavy atom. The summed E-state index contributed by atoms with van der Waals surface area (Å²) in [4.78, 5) is 18.1. The SMILES string of the molecule is N#C/C=C(\C=C(\C(=O)c1ccccc1)c1ccc(Br)cc1)N1CCN(Cc2ccccc2)CC1. The lowest BCUT2D eigenvalue weighted by atomic mass is 9.95. The molecule has 0 amide bonds. The largest absolute Gasteiger partial charge is 0.368 e. The van der Waals surface area contributed by atoms with Crippen molar-refractivity contribution >= 4 is 27.3 Å². The van der Waals surface area contributed by atoms with Crippen molar-refractivity contribution in [2.75, 3.05) is 26.2 Å². The molecule has 4 rings (SSSR count). The van der Waals surface area contributed by atoms with E-state index in [2.05, 4.69) is 56.1 Å². The van der Waals surface area contributed by atoms with Crippen LogP contribution in [0.3, 0.4) is 0 Å². The summed E-state index contributed by atoms with van der Waals surface area (Å²) in [6, 6.07) is 29.6. The maximum atomic E-state index is 13.5. The van der Waals surface area contributed by atoms with Crippen LogP contribution in [-0.4, -0.2) is 41.8 Å². The molecule has 0 unspecified atom stereocenters. The van der Waals surface area contributed by atoms with Crippen molar-refractivity contribution in [1.29, 1.82) is 5.26 Å². The minimum absolute atomic E-state index is 0.0607. The van der Waals surface area contributed by atoms with Crippen LogP contribution < -0.4 is 0 Å². The fourth-order valence-electron chi connectivity index (χ4n) is 4.10. The number of halogens is 1. The average molecular weight is 512 g/mol. The Hall–Kier alpha value is -3.46. The number of carbonyl (C=O) groups excluding carboxylic acids is 1. The van der Waals surface area contributed by atoms with Gasteiger partial charge in [0.15, 0.2) is 5.78 Å². The zero-order valence-electron chi connectivity index (χ0n) is 18.9. The van der Waals surface area contributed by atoms with Gasteiger partial charge >= 0.3 is 0 Å². The maximum absolute atomic E-state index is 13.5. The van der Waals surface area contributed by atoms with Crippen LogP contribution in [0.5, 0.6) is 0 Å². The molecule has 1 aliphatic heterocycles. The molecule has 4 nitrogen and oxygen atoms in total. The van der Waals surface area contributed by atoms with Gasteiger partial charge in [0.25, 0.3) is 0 Å². The van der Waals surface area contributed by atoms with Crippen molar-refractivity contribution < 1.29 is 4.79 Å². The van der Waals surface area contributed by atoms with Gasteiger partial charge < -0.3 is 4.90 Å². The number of hydrogen-bond acceptors (Lipinski definition) is 4. The van der Waals surface area contributed by atoms with Gasteiger partial charge in [-0.05, 0) is 29.3 Å². The van der Waals surface area contributed by atoms with E-state index < -0.39 is 0 Å². The first-order valence-corrected chi connectivity index (χ1v) is 12.1. The van der Waals surface area contributed by atoms with Crippen LogP contribution in [-0.2, 0) is 6.54 Å². The average Bonchev–Trinajstić information content (AvgIpc) is 2.88. The summed E-state index contributed by atoms with van der Waals surface area (Å²) in [5.41, 5.74) is 4.09. The maximum Gasteiger partial charge on any atom is 0.193 e.